The van der Waals surface area contributed by atoms with E-state index in [2.05, 4.69) is 5.16 Å². The summed E-state index contributed by atoms with van der Waals surface area (Å²) in [6.45, 7) is 0. The Labute approximate surface area is 149 Å². The minimum atomic E-state index is -4.75. The van der Waals surface area contributed by atoms with E-state index >= 15 is 0 Å². The molecule has 0 aromatic heterocycles. The Morgan fingerprint density at radius 2 is 1.96 bits per heavy atom. The summed E-state index contributed by atoms with van der Waals surface area (Å²) in [7, 11) is 1.26. The molecule has 0 radical (unpaired) electrons. The SMILES string of the molecule is COc1cc(/C=N\O)cc(Cl)c1Oc1ccc(C(F)(F)F)cc1[N+](=O)[O-]. The van der Waals surface area contributed by atoms with Crippen molar-refractivity contribution in [2.45, 2.75) is 6.18 Å². The first kappa shape index (κ1) is 19.3. The molecule has 0 amide bonds. The second-order valence-corrected chi connectivity index (χ2v) is 5.23. The number of nitro benzene ring substituents is 1. The average molecular weight is 391 g/mol. The van der Waals surface area contributed by atoms with Crippen LogP contribution in [-0.2, 0) is 6.18 Å². The van der Waals surface area contributed by atoms with Crippen molar-refractivity contribution in [2.75, 3.05) is 7.11 Å². The third kappa shape index (κ3) is 4.14. The molecule has 26 heavy (non-hydrogen) atoms. The van der Waals surface area contributed by atoms with Crippen molar-refractivity contribution in [2.24, 2.45) is 5.16 Å². The second kappa shape index (κ2) is 7.48. The number of benzene rings is 2. The second-order valence-electron chi connectivity index (χ2n) is 4.82. The van der Waals surface area contributed by atoms with E-state index in [1.165, 1.54) is 19.2 Å². The molecular formula is C15H10ClF3N2O5. The van der Waals surface area contributed by atoms with Gasteiger partial charge in [0.1, 0.15) is 0 Å². The van der Waals surface area contributed by atoms with Crippen LogP contribution in [0.15, 0.2) is 35.5 Å². The molecule has 7 nitrogen and oxygen atoms in total. The predicted molar refractivity (Wildman–Crippen MR) is 85.6 cm³/mol. The van der Waals surface area contributed by atoms with E-state index in [4.69, 9.17) is 26.3 Å². The zero-order chi connectivity index (χ0) is 19.5. The number of hydrogen-bond donors (Lipinski definition) is 1. The van der Waals surface area contributed by atoms with Gasteiger partial charge in [0.2, 0.25) is 5.75 Å². The van der Waals surface area contributed by atoms with E-state index < -0.39 is 28.1 Å². The quantitative estimate of drug-likeness (QED) is 0.340. The molecule has 0 fully saturated rings. The molecule has 138 valence electrons. The van der Waals surface area contributed by atoms with E-state index in [0.717, 1.165) is 12.3 Å². The van der Waals surface area contributed by atoms with Gasteiger partial charge < -0.3 is 14.7 Å². The van der Waals surface area contributed by atoms with Gasteiger partial charge in [-0.1, -0.05) is 16.8 Å². The first-order valence-corrected chi connectivity index (χ1v) is 7.13. The molecule has 0 saturated carbocycles. The van der Waals surface area contributed by atoms with Gasteiger partial charge in [0.25, 0.3) is 0 Å². The molecule has 0 aliphatic rings. The van der Waals surface area contributed by atoms with Gasteiger partial charge in [-0.15, -0.1) is 0 Å². The van der Waals surface area contributed by atoms with Gasteiger partial charge >= 0.3 is 11.9 Å². The smallest absolute Gasteiger partial charge is 0.416 e. The lowest BCUT2D eigenvalue weighted by Gasteiger charge is -2.14. The predicted octanol–water partition coefficient (Wildman–Crippen LogP) is 4.88. The molecule has 0 heterocycles. The highest BCUT2D eigenvalue weighted by Crippen LogP contribution is 2.43. The Morgan fingerprint density at radius 3 is 2.50 bits per heavy atom. The van der Waals surface area contributed by atoms with Gasteiger partial charge in [-0.2, -0.15) is 13.2 Å². The molecule has 0 spiro atoms. The Morgan fingerprint density at radius 1 is 1.27 bits per heavy atom. The summed E-state index contributed by atoms with van der Waals surface area (Å²) >= 11 is 6.04. The van der Waals surface area contributed by atoms with Crippen molar-refractivity contribution in [3.8, 4) is 17.2 Å². The number of hydrogen-bond acceptors (Lipinski definition) is 6. The standard InChI is InChI=1S/C15H10ClF3N2O5/c1-25-13-5-8(7-20-22)4-10(16)14(13)26-12-3-2-9(15(17,18)19)6-11(12)21(23)24/h2-7,22H,1H3/b20-7-. The number of halogens is 4. The van der Waals surface area contributed by atoms with E-state index in [9.17, 15) is 23.3 Å². The van der Waals surface area contributed by atoms with Crippen molar-refractivity contribution in [1.29, 1.82) is 0 Å². The third-order valence-corrected chi connectivity index (χ3v) is 3.43. The summed E-state index contributed by atoms with van der Waals surface area (Å²) in [5.41, 5.74) is -1.74. The van der Waals surface area contributed by atoms with Crippen LogP contribution in [0.1, 0.15) is 11.1 Å². The molecule has 2 aromatic carbocycles. The Bertz CT molecular complexity index is 871. The van der Waals surface area contributed by atoms with Crippen molar-refractivity contribution >= 4 is 23.5 Å². The van der Waals surface area contributed by atoms with E-state index in [1.54, 1.807) is 0 Å². The van der Waals surface area contributed by atoms with Crippen LogP contribution in [-0.4, -0.2) is 23.5 Å². The number of rotatable bonds is 5. The molecule has 2 aromatic rings. The maximum Gasteiger partial charge on any atom is 0.416 e. The fraction of sp³-hybridized carbons (Fsp3) is 0.133. The summed E-state index contributed by atoms with van der Waals surface area (Å²) in [6, 6.07) is 4.50. The van der Waals surface area contributed by atoms with Gasteiger partial charge in [-0.05, 0) is 24.3 Å². The highest BCUT2D eigenvalue weighted by molar-refractivity contribution is 6.32. The van der Waals surface area contributed by atoms with Crippen LogP contribution in [0.2, 0.25) is 5.02 Å². The lowest BCUT2D eigenvalue weighted by molar-refractivity contribution is -0.385. The minimum Gasteiger partial charge on any atom is -0.493 e. The number of oxime groups is 1. The van der Waals surface area contributed by atoms with Crippen LogP contribution in [0.4, 0.5) is 18.9 Å². The topological polar surface area (TPSA) is 94.2 Å². The molecule has 0 unspecified atom stereocenters. The summed E-state index contributed by atoms with van der Waals surface area (Å²) < 4.78 is 48.7. The first-order valence-electron chi connectivity index (χ1n) is 6.75. The fourth-order valence-corrected chi connectivity index (χ4v) is 2.27. The van der Waals surface area contributed by atoms with Crippen molar-refractivity contribution in [3.63, 3.8) is 0 Å². The van der Waals surface area contributed by atoms with Gasteiger partial charge in [0, 0.05) is 11.6 Å². The third-order valence-electron chi connectivity index (χ3n) is 3.15. The lowest BCUT2D eigenvalue weighted by atomic mass is 10.1. The number of nitro groups is 1. The largest absolute Gasteiger partial charge is 0.493 e. The van der Waals surface area contributed by atoms with E-state index in [-0.39, 0.29) is 16.5 Å². The zero-order valence-electron chi connectivity index (χ0n) is 13.0. The van der Waals surface area contributed by atoms with E-state index in [0.29, 0.717) is 17.7 Å². The normalized spacial score (nSPS) is 11.6. The maximum atomic E-state index is 12.8. The van der Waals surface area contributed by atoms with Crippen LogP contribution in [0.3, 0.4) is 0 Å². The monoisotopic (exact) mass is 390 g/mol. The number of ether oxygens (including phenoxy) is 2. The first-order chi connectivity index (χ1) is 12.2. The summed E-state index contributed by atoms with van der Waals surface area (Å²) in [4.78, 5) is 10.1. The zero-order valence-corrected chi connectivity index (χ0v) is 13.7. The highest BCUT2D eigenvalue weighted by atomic mass is 35.5. The van der Waals surface area contributed by atoms with Crippen molar-refractivity contribution in [3.05, 3.63) is 56.6 Å². The van der Waals surface area contributed by atoms with Gasteiger partial charge in [-0.3, -0.25) is 10.1 Å². The molecule has 1 N–H and O–H groups in total. The van der Waals surface area contributed by atoms with Gasteiger partial charge in [0.15, 0.2) is 11.5 Å². The lowest BCUT2D eigenvalue weighted by Crippen LogP contribution is -2.06. The molecule has 11 heteroatoms. The molecular weight excluding hydrogens is 381 g/mol. The highest BCUT2D eigenvalue weighted by Gasteiger charge is 2.33. The van der Waals surface area contributed by atoms with Crippen LogP contribution < -0.4 is 9.47 Å². The van der Waals surface area contributed by atoms with Crippen LogP contribution in [0.25, 0.3) is 0 Å². The summed E-state index contributed by atoms with van der Waals surface area (Å²) in [6.07, 6.45) is -3.69. The molecule has 0 atom stereocenters. The molecule has 2 rings (SSSR count). The van der Waals surface area contributed by atoms with Gasteiger partial charge in [-0.25, -0.2) is 0 Å². The number of nitrogens with zero attached hydrogens (tertiary/aromatic N) is 2. The molecule has 0 aliphatic heterocycles. The maximum absolute atomic E-state index is 12.8. The van der Waals surface area contributed by atoms with Crippen molar-refractivity contribution < 1.29 is 32.8 Å². The molecule has 0 bridgehead atoms. The summed E-state index contributed by atoms with van der Waals surface area (Å²) in [5.74, 6) is -0.569. The number of methoxy groups -OCH3 is 1. The summed E-state index contributed by atoms with van der Waals surface area (Å²) in [5, 5.41) is 22.4. The number of alkyl halides is 3. The van der Waals surface area contributed by atoms with Gasteiger partial charge in [0.05, 0.1) is 28.8 Å². The van der Waals surface area contributed by atoms with E-state index in [1.807, 2.05) is 0 Å². The van der Waals surface area contributed by atoms with Crippen LogP contribution >= 0.6 is 11.6 Å². The Balaban J connectivity index is 2.53. The van der Waals surface area contributed by atoms with Crippen LogP contribution in [0.5, 0.6) is 17.2 Å². The minimum absolute atomic E-state index is 0.0293. The Kier molecular flexibility index (Phi) is 5.56. The van der Waals surface area contributed by atoms with Crippen molar-refractivity contribution in [1.82, 2.24) is 0 Å². The Hall–Kier alpha value is -3.01. The average Bonchev–Trinajstić information content (AvgIpc) is 2.56. The molecule has 0 aliphatic carbocycles. The van der Waals surface area contributed by atoms with Crippen LogP contribution in [0, 0.1) is 10.1 Å². The molecule has 0 saturated heterocycles. The fourth-order valence-electron chi connectivity index (χ4n) is 2.01.